The number of rotatable bonds is 12. The summed E-state index contributed by atoms with van der Waals surface area (Å²) in [5.74, 6) is 0.881. The molecule has 0 amide bonds. The molecule has 2 heteroatoms. The molecule has 0 aromatic heterocycles. The summed E-state index contributed by atoms with van der Waals surface area (Å²) in [6, 6.07) is 0. The first kappa shape index (κ1) is 17.4. The summed E-state index contributed by atoms with van der Waals surface area (Å²) in [4.78, 5) is 0. The van der Waals surface area contributed by atoms with Crippen molar-refractivity contribution in [2.75, 3.05) is 6.16 Å². The van der Waals surface area contributed by atoms with E-state index in [0.717, 1.165) is 18.8 Å². The van der Waals surface area contributed by atoms with Crippen molar-refractivity contribution in [1.82, 2.24) is 0 Å². The van der Waals surface area contributed by atoms with Gasteiger partial charge in [-0.1, -0.05) is 58.8 Å². The number of hydrogen-bond donors (Lipinski definition) is 1. The highest BCUT2D eigenvalue weighted by atomic mass is 31.0. The Morgan fingerprint density at radius 3 is 1.94 bits per heavy atom. The van der Waals surface area contributed by atoms with E-state index in [1.54, 1.807) is 0 Å². The molecular weight excluding hydrogens is 227 g/mol. The van der Waals surface area contributed by atoms with Gasteiger partial charge in [0.2, 0.25) is 0 Å². The molecule has 0 aliphatic heterocycles. The Hall–Kier alpha value is 0.390. The molecule has 0 spiro atoms. The highest BCUT2D eigenvalue weighted by Crippen LogP contribution is 2.15. The first-order valence-corrected chi connectivity index (χ1v) is 8.40. The molecule has 0 saturated carbocycles. The molecule has 1 N–H and O–H groups in total. The van der Waals surface area contributed by atoms with Gasteiger partial charge in [0, 0.05) is 0 Å². The number of aliphatic hydroxyl groups excluding tert-OH is 1. The fourth-order valence-corrected chi connectivity index (χ4v) is 2.39. The van der Waals surface area contributed by atoms with Crippen LogP contribution in [0.1, 0.15) is 78.1 Å². The summed E-state index contributed by atoms with van der Waals surface area (Å²) in [6.45, 7) is 4.60. The molecule has 0 rings (SSSR count). The quantitative estimate of drug-likeness (QED) is 0.395. The van der Waals surface area contributed by atoms with Crippen LogP contribution in [0.15, 0.2) is 0 Å². The summed E-state index contributed by atoms with van der Waals surface area (Å²) in [7, 11) is 2.76. The third kappa shape index (κ3) is 12.6. The van der Waals surface area contributed by atoms with Crippen molar-refractivity contribution < 1.29 is 5.11 Å². The van der Waals surface area contributed by atoms with E-state index in [2.05, 4.69) is 23.1 Å². The van der Waals surface area contributed by atoms with Gasteiger partial charge in [-0.15, -0.1) is 9.24 Å². The van der Waals surface area contributed by atoms with Crippen molar-refractivity contribution in [1.29, 1.82) is 0 Å². The van der Waals surface area contributed by atoms with E-state index >= 15 is 0 Å². The maximum atomic E-state index is 9.80. The Labute approximate surface area is 111 Å². The molecule has 3 atom stereocenters. The smallest absolute Gasteiger partial charge is 0.0540 e. The lowest BCUT2D eigenvalue weighted by Gasteiger charge is -2.11. The molecule has 0 aliphatic rings. The lowest BCUT2D eigenvalue weighted by atomic mass is 9.99. The van der Waals surface area contributed by atoms with Crippen LogP contribution in [0, 0.1) is 5.92 Å². The van der Waals surface area contributed by atoms with Gasteiger partial charge in [-0.25, -0.2) is 0 Å². The van der Waals surface area contributed by atoms with Crippen LogP contribution in [-0.2, 0) is 0 Å². The molecule has 0 radical (unpaired) electrons. The van der Waals surface area contributed by atoms with E-state index in [4.69, 9.17) is 0 Å². The normalized spacial score (nSPS) is 14.8. The molecule has 0 bridgehead atoms. The van der Waals surface area contributed by atoms with Crippen molar-refractivity contribution in [3.63, 3.8) is 0 Å². The van der Waals surface area contributed by atoms with Gasteiger partial charge >= 0.3 is 0 Å². The first-order valence-electron chi connectivity index (χ1n) is 7.58. The van der Waals surface area contributed by atoms with Gasteiger partial charge in [0.25, 0.3) is 0 Å². The third-order valence-corrected chi connectivity index (χ3v) is 4.08. The molecule has 0 aromatic carbocycles. The third-order valence-electron chi connectivity index (χ3n) is 3.67. The lowest BCUT2D eigenvalue weighted by Crippen LogP contribution is -2.06. The summed E-state index contributed by atoms with van der Waals surface area (Å²) in [5, 5.41) is 9.80. The first-order chi connectivity index (χ1) is 8.20. The van der Waals surface area contributed by atoms with E-state index in [1.807, 2.05) is 0 Å². The predicted octanol–water partition coefficient (Wildman–Crippen LogP) is 4.78. The molecule has 0 heterocycles. The van der Waals surface area contributed by atoms with Gasteiger partial charge < -0.3 is 5.11 Å². The standard InChI is InChI=1S/C15H33OP/c1-3-14(2)10-6-4-7-11-15(16)12-8-5-9-13-17/h14-16H,3-13,17H2,1-2H3. The van der Waals surface area contributed by atoms with Crippen molar-refractivity contribution in [3.05, 3.63) is 0 Å². The predicted molar refractivity (Wildman–Crippen MR) is 81.6 cm³/mol. The Kier molecular flexibility index (Phi) is 13.1. The van der Waals surface area contributed by atoms with Crippen molar-refractivity contribution >= 4 is 9.24 Å². The summed E-state index contributed by atoms with van der Waals surface area (Å²) < 4.78 is 0. The molecule has 17 heavy (non-hydrogen) atoms. The Balaban J connectivity index is 3.18. The highest BCUT2D eigenvalue weighted by Gasteiger charge is 2.04. The zero-order valence-electron chi connectivity index (χ0n) is 12.0. The van der Waals surface area contributed by atoms with Crippen LogP contribution in [0.4, 0.5) is 0 Å². The van der Waals surface area contributed by atoms with Crippen LogP contribution in [0.25, 0.3) is 0 Å². The average molecular weight is 260 g/mol. The minimum Gasteiger partial charge on any atom is -0.393 e. The molecule has 0 saturated heterocycles. The molecule has 0 fully saturated rings. The topological polar surface area (TPSA) is 20.2 Å². The average Bonchev–Trinajstić information content (AvgIpc) is 2.34. The maximum absolute atomic E-state index is 9.80. The van der Waals surface area contributed by atoms with Crippen LogP contribution in [0.2, 0.25) is 0 Å². The highest BCUT2D eigenvalue weighted by molar-refractivity contribution is 7.16. The Morgan fingerprint density at radius 2 is 1.41 bits per heavy atom. The molecule has 1 nitrogen and oxygen atoms in total. The minimum absolute atomic E-state index is 0.0388. The number of aliphatic hydroxyl groups is 1. The van der Waals surface area contributed by atoms with E-state index in [0.29, 0.717) is 0 Å². The van der Waals surface area contributed by atoms with Gasteiger partial charge in [0.05, 0.1) is 6.10 Å². The van der Waals surface area contributed by atoms with Crippen LogP contribution in [0.3, 0.4) is 0 Å². The zero-order chi connectivity index (χ0) is 12.9. The largest absolute Gasteiger partial charge is 0.393 e. The second-order valence-corrected chi connectivity index (χ2v) is 6.02. The van der Waals surface area contributed by atoms with Gasteiger partial charge in [-0.2, -0.15) is 0 Å². The fraction of sp³-hybridized carbons (Fsp3) is 1.00. The molecule has 104 valence electrons. The second-order valence-electron chi connectivity index (χ2n) is 5.44. The lowest BCUT2D eigenvalue weighted by molar-refractivity contribution is 0.147. The van der Waals surface area contributed by atoms with Gasteiger partial charge in [-0.3, -0.25) is 0 Å². The van der Waals surface area contributed by atoms with Crippen LogP contribution in [0.5, 0.6) is 0 Å². The SMILES string of the molecule is CCC(C)CCCCCC(O)CCCCCP. The molecule has 0 aromatic rings. The summed E-state index contributed by atoms with van der Waals surface area (Å²) >= 11 is 0. The zero-order valence-corrected chi connectivity index (χ0v) is 13.1. The molecule has 0 aliphatic carbocycles. The van der Waals surface area contributed by atoms with Crippen LogP contribution >= 0.6 is 9.24 Å². The van der Waals surface area contributed by atoms with Crippen LogP contribution < -0.4 is 0 Å². The van der Waals surface area contributed by atoms with Gasteiger partial charge in [-0.05, 0) is 31.3 Å². The van der Waals surface area contributed by atoms with E-state index < -0.39 is 0 Å². The summed E-state index contributed by atoms with van der Waals surface area (Å²) in [6.07, 6.45) is 13.5. The van der Waals surface area contributed by atoms with Gasteiger partial charge in [0.15, 0.2) is 0 Å². The monoisotopic (exact) mass is 260 g/mol. The fourth-order valence-electron chi connectivity index (χ4n) is 2.10. The second kappa shape index (κ2) is 12.8. The maximum Gasteiger partial charge on any atom is 0.0540 e. The van der Waals surface area contributed by atoms with Gasteiger partial charge in [0.1, 0.15) is 0 Å². The van der Waals surface area contributed by atoms with Crippen LogP contribution in [-0.4, -0.2) is 17.4 Å². The van der Waals surface area contributed by atoms with Crippen molar-refractivity contribution in [3.8, 4) is 0 Å². The Bertz CT molecular complexity index is 150. The van der Waals surface area contributed by atoms with E-state index in [-0.39, 0.29) is 6.10 Å². The Morgan fingerprint density at radius 1 is 0.882 bits per heavy atom. The summed E-state index contributed by atoms with van der Waals surface area (Å²) in [5.41, 5.74) is 0. The molecule has 3 unspecified atom stereocenters. The van der Waals surface area contributed by atoms with Crippen molar-refractivity contribution in [2.45, 2.75) is 84.2 Å². The molecular formula is C15H33OP. The number of unbranched alkanes of at least 4 members (excludes halogenated alkanes) is 4. The van der Waals surface area contributed by atoms with E-state index in [9.17, 15) is 5.11 Å². The number of hydrogen-bond acceptors (Lipinski definition) is 1. The van der Waals surface area contributed by atoms with E-state index in [1.165, 1.54) is 57.5 Å². The van der Waals surface area contributed by atoms with Crippen molar-refractivity contribution in [2.24, 2.45) is 5.92 Å². The minimum atomic E-state index is -0.0388.